The lowest BCUT2D eigenvalue weighted by atomic mass is 10.2. The van der Waals surface area contributed by atoms with Crippen LogP contribution in [-0.2, 0) is 10.0 Å². The molecule has 0 aliphatic heterocycles. The van der Waals surface area contributed by atoms with Gasteiger partial charge in [-0.15, -0.1) is 0 Å². The molecule has 0 fully saturated rings. The first-order valence-corrected chi connectivity index (χ1v) is 9.67. The molecular weight excluding hydrogens is 352 g/mol. The van der Waals surface area contributed by atoms with E-state index >= 15 is 0 Å². The number of carbonyl (C=O) groups excluding carboxylic acids is 1. The topological polar surface area (TPSA) is 75.7 Å². The highest BCUT2D eigenvalue weighted by Gasteiger charge is 2.19. The van der Waals surface area contributed by atoms with E-state index in [1.165, 1.54) is 26.2 Å². The molecule has 0 spiro atoms. The summed E-state index contributed by atoms with van der Waals surface area (Å²) >= 11 is 0. The van der Waals surface area contributed by atoms with E-state index in [4.69, 9.17) is 4.74 Å². The molecule has 7 heteroatoms. The highest BCUT2D eigenvalue weighted by molar-refractivity contribution is 7.89. The number of amides is 1. The number of hydrogen-bond donors (Lipinski definition) is 1. The summed E-state index contributed by atoms with van der Waals surface area (Å²) < 4.78 is 31.1. The van der Waals surface area contributed by atoms with Crippen LogP contribution in [0.25, 0.3) is 0 Å². The van der Waals surface area contributed by atoms with Crippen LogP contribution in [0, 0.1) is 6.92 Å². The van der Waals surface area contributed by atoms with Crippen LogP contribution in [0.15, 0.2) is 53.4 Å². The fourth-order valence-corrected chi connectivity index (χ4v) is 3.16. The first kappa shape index (κ1) is 19.9. The minimum absolute atomic E-state index is 0.0821. The van der Waals surface area contributed by atoms with Crippen molar-refractivity contribution in [2.45, 2.75) is 24.8 Å². The average Bonchev–Trinajstić information content (AvgIpc) is 2.61. The second kappa shape index (κ2) is 8.33. The Balaban J connectivity index is 1.99. The van der Waals surface area contributed by atoms with Crippen LogP contribution in [0.1, 0.15) is 22.8 Å². The van der Waals surface area contributed by atoms with Crippen LogP contribution >= 0.6 is 0 Å². The molecule has 0 aliphatic carbocycles. The number of nitrogens with zero attached hydrogens (tertiary/aromatic N) is 1. The standard InChI is InChI=1S/C19H24N2O4S/c1-14-8-10-17(11-9-14)25-13-15(2)20-19(22)16-6-5-7-18(12-16)26(23,24)21(3)4/h5-12,15H,13H2,1-4H3,(H,20,22)/t15-/m1/s1. The minimum atomic E-state index is -3.58. The third-order valence-corrected chi connectivity index (χ3v) is 5.58. The number of sulfonamides is 1. The van der Waals surface area contributed by atoms with E-state index in [-0.39, 0.29) is 22.4 Å². The predicted octanol–water partition coefficient (Wildman–Crippen LogP) is 2.44. The highest BCUT2D eigenvalue weighted by Crippen LogP contribution is 2.15. The molecule has 0 saturated heterocycles. The summed E-state index contributed by atoms with van der Waals surface area (Å²) in [5, 5.41) is 2.81. The molecule has 0 bridgehead atoms. The monoisotopic (exact) mass is 376 g/mol. The van der Waals surface area contributed by atoms with Gasteiger partial charge in [0.2, 0.25) is 10.0 Å². The molecule has 1 N–H and O–H groups in total. The van der Waals surface area contributed by atoms with Gasteiger partial charge in [0.1, 0.15) is 12.4 Å². The van der Waals surface area contributed by atoms with Crippen molar-refractivity contribution in [3.63, 3.8) is 0 Å². The van der Waals surface area contributed by atoms with Crippen molar-refractivity contribution in [1.82, 2.24) is 9.62 Å². The van der Waals surface area contributed by atoms with Gasteiger partial charge in [-0.3, -0.25) is 4.79 Å². The van der Waals surface area contributed by atoms with Crippen LogP contribution in [0.3, 0.4) is 0 Å². The Morgan fingerprint density at radius 3 is 2.42 bits per heavy atom. The summed E-state index contributed by atoms with van der Waals surface area (Å²) in [5.41, 5.74) is 1.43. The number of aryl methyl sites for hydroxylation is 1. The Kier molecular flexibility index (Phi) is 6.39. The van der Waals surface area contributed by atoms with Gasteiger partial charge in [0, 0.05) is 19.7 Å². The second-order valence-corrected chi connectivity index (χ2v) is 8.47. The molecule has 1 amide bonds. The van der Waals surface area contributed by atoms with E-state index in [0.717, 1.165) is 15.6 Å². The molecule has 0 radical (unpaired) electrons. The normalized spacial score (nSPS) is 12.7. The molecule has 26 heavy (non-hydrogen) atoms. The van der Waals surface area contributed by atoms with Crippen molar-refractivity contribution in [2.75, 3.05) is 20.7 Å². The largest absolute Gasteiger partial charge is 0.491 e. The van der Waals surface area contributed by atoms with Gasteiger partial charge in [0.05, 0.1) is 10.9 Å². The van der Waals surface area contributed by atoms with E-state index in [1.54, 1.807) is 12.1 Å². The molecule has 140 valence electrons. The van der Waals surface area contributed by atoms with E-state index in [0.29, 0.717) is 6.61 Å². The fourth-order valence-electron chi connectivity index (χ4n) is 2.21. The number of benzene rings is 2. The molecule has 2 rings (SSSR count). The molecule has 2 aromatic carbocycles. The third-order valence-electron chi connectivity index (χ3n) is 3.77. The first-order valence-electron chi connectivity index (χ1n) is 8.23. The quantitative estimate of drug-likeness (QED) is 0.805. The number of rotatable bonds is 7. The molecule has 0 aromatic heterocycles. The molecule has 0 unspecified atom stereocenters. The zero-order valence-electron chi connectivity index (χ0n) is 15.4. The van der Waals surface area contributed by atoms with Crippen molar-refractivity contribution in [3.05, 3.63) is 59.7 Å². The lowest BCUT2D eigenvalue weighted by Crippen LogP contribution is -2.36. The third kappa shape index (κ3) is 5.06. The van der Waals surface area contributed by atoms with Gasteiger partial charge in [0.25, 0.3) is 5.91 Å². The minimum Gasteiger partial charge on any atom is -0.491 e. The van der Waals surface area contributed by atoms with Crippen molar-refractivity contribution in [2.24, 2.45) is 0 Å². The Morgan fingerprint density at radius 2 is 1.81 bits per heavy atom. The molecule has 0 heterocycles. The predicted molar refractivity (Wildman–Crippen MR) is 101 cm³/mol. The maximum absolute atomic E-state index is 12.4. The van der Waals surface area contributed by atoms with Crippen LogP contribution < -0.4 is 10.1 Å². The molecule has 2 aromatic rings. The van der Waals surface area contributed by atoms with Gasteiger partial charge < -0.3 is 10.1 Å². The Morgan fingerprint density at radius 1 is 1.15 bits per heavy atom. The van der Waals surface area contributed by atoms with Crippen molar-refractivity contribution >= 4 is 15.9 Å². The fraction of sp³-hybridized carbons (Fsp3) is 0.316. The lowest BCUT2D eigenvalue weighted by Gasteiger charge is -2.16. The van der Waals surface area contributed by atoms with Gasteiger partial charge in [-0.2, -0.15) is 0 Å². The Bertz CT molecular complexity index is 861. The van der Waals surface area contributed by atoms with Gasteiger partial charge in [-0.1, -0.05) is 23.8 Å². The Labute approximate surface area is 154 Å². The summed E-state index contributed by atoms with van der Waals surface area (Å²) in [6, 6.07) is 13.4. The number of nitrogens with one attached hydrogen (secondary N) is 1. The number of carbonyl (C=O) groups is 1. The van der Waals surface area contributed by atoms with E-state index in [1.807, 2.05) is 38.1 Å². The van der Waals surface area contributed by atoms with Gasteiger partial charge in [0.15, 0.2) is 0 Å². The number of hydrogen-bond acceptors (Lipinski definition) is 4. The molecule has 0 aliphatic rings. The van der Waals surface area contributed by atoms with Crippen LogP contribution in [0.4, 0.5) is 0 Å². The van der Waals surface area contributed by atoms with E-state index in [9.17, 15) is 13.2 Å². The van der Waals surface area contributed by atoms with Crippen molar-refractivity contribution < 1.29 is 17.9 Å². The van der Waals surface area contributed by atoms with Gasteiger partial charge in [-0.05, 0) is 44.2 Å². The number of ether oxygens (including phenoxy) is 1. The SMILES string of the molecule is Cc1ccc(OC[C@@H](C)NC(=O)c2cccc(S(=O)(=O)N(C)C)c2)cc1. The van der Waals surface area contributed by atoms with E-state index in [2.05, 4.69) is 5.32 Å². The van der Waals surface area contributed by atoms with Crippen LogP contribution in [-0.4, -0.2) is 45.4 Å². The zero-order chi connectivity index (χ0) is 19.3. The van der Waals surface area contributed by atoms with Crippen LogP contribution in [0.2, 0.25) is 0 Å². The summed E-state index contributed by atoms with van der Waals surface area (Å²) in [6.45, 7) is 4.13. The Hall–Kier alpha value is -2.38. The summed E-state index contributed by atoms with van der Waals surface area (Å²) in [6.07, 6.45) is 0. The zero-order valence-corrected chi connectivity index (χ0v) is 16.2. The molecule has 6 nitrogen and oxygen atoms in total. The summed E-state index contributed by atoms with van der Waals surface area (Å²) in [7, 11) is -0.681. The van der Waals surface area contributed by atoms with Gasteiger partial charge in [-0.25, -0.2) is 12.7 Å². The van der Waals surface area contributed by atoms with Crippen molar-refractivity contribution in [1.29, 1.82) is 0 Å². The lowest BCUT2D eigenvalue weighted by molar-refractivity contribution is 0.0926. The maximum atomic E-state index is 12.4. The van der Waals surface area contributed by atoms with Crippen molar-refractivity contribution in [3.8, 4) is 5.75 Å². The summed E-state index contributed by atoms with van der Waals surface area (Å²) in [5.74, 6) is 0.386. The first-order chi connectivity index (χ1) is 12.2. The molecule has 0 saturated carbocycles. The molecule has 1 atom stereocenters. The van der Waals surface area contributed by atoms with Gasteiger partial charge >= 0.3 is 0 Å². The maximum Gasteiger partial charge on any atom is 0.251 e. The van der Waals surface area contributed by atoms with E-state index < -0.39 is 10.0 Å². The van der Waals surface area contributed by atoms with Crippen LogP contribution in [0.5, 0.6) is 5.75 Å². The average molecular weight is 376 g/mol. The second-order valence-electron chi connectivity index (χ2n) is 6.31. The summed E-state index contributed by atoms with van der Waals surface area (Å²) in [4.78, 5) is 12.5. The highest BCUT2D eigenvalue weighted by atomic mass is 32.2. The molecular formula is C19H24N2O4S. The smallest absolute Gasteiger partial charge is 0.251 e.